The molecule has 2 heteroatoms. The third kappa shape index (κ3) is 3.69. The Morgan fingerprint density at radius 2 is 1.05 bits per heavy atom. The van der Waals surface area contributed by atoms with Crippen molar-refractivity contribution in [3.05, 3.63) is 152 Å². The number of anilines is 3. The van der Waals surface area contributed by atoms with E-state index in [-0.39, 0.29) is 0 Å². The summed E-state index contributed by atoms with van der Waals surface area (Å²) in [5, 5.41) is 7.77. The molecule has 8 aromatic rings. The monoisotopic (exact) mass is 527 g/mol. The molecule has 1 nitrogen and oxygen atoms in total. The minimum Gasteiger partial charge on any atom is -0.309 e. The summed E-state index contributed by atoms with van der Waals surface area (Å²) >= 11 is 1.89. The molecule has 1 heterocycles. The molecule has 7 aromatic carbocycles. The van der Waals surface area contributed by atoms with Gasteiger partial charge in [0.2, 0.25) is 0 Å². The van der Waals surface area contributed by atoms with Crippen LogP contribution in [-0.4, -0.2) is 0 Å². The van der Waals surface area contributed by atoms with Crippen LogP contribution in [0, 0.1) is 0 Å². The molecule has 0 saturated heterocycles. The summed E-state index contributed by atoms with van der Waals surface area (Å²) in [5.74, 6) is 0. The molecule has 0 atom stereocenters. The highest BCUT2D eigenvalue weighted by atomic mass is 32.1. The van der Waals surface area contributed by atoms with Gasteiger partial charge in [-0.25, -0.2) is 0 Å². The lowest BCUT2D eigenvalue weighted by atomic mass is 9.98. The summed E-state index contributed by atoms with van der Waals surface area (Å²) < 4.78 is 2.63. The normalized spacial score (nSPS) is 11.5. The largest absolute Gasteiger partial charge is 0.309 e. The first kappa shape index (κ1) is 23.0. The van der Waals surface area contributed by atoms with E-state index < -0.39 is 0 Å². The Balaban J connectivity index is 1.47. The van der Waals surface area contributed by atoms with Crippen LogP contribution >= 0.6 is 11.3 Å². The lowest BCUT2D eigenvalue weighted by Gasteiger charge is -2.29. The molecule has 0 saturated carbocycles. The molecule has 0 spiro atoms. The second kappa shape index (κ2) is 9.37. The van der Waals surface area contributed by atoms with Gasteiger partial charge in [-0.2, -0.15) is 0 Å². The van der Waals surface area contributed by atoms with Gasteiger partial charge in [-0.05, 0) is 58.1 Å². The zero-order valence-electron chi connectivity index (χ0n) is 21.8. The summed E-state index contributed by atoms with van der Waals surface area (Å²) in [7, 11) is 0. The molecule has 0 amide bonds. The Kier molecular flexibility index (Phi) is 5.39. The van der Waals surface area contributed by atoms with Crippen LogP contribution in [0.25, 0.3) is 52.8 Å². The van der Waals surface area contributed by atoms with Crippen molar-refractivity contribution >= 4 is 70.1 Å². The molecule has 0 aliphatic carbocycles. The van der Waals surface area contributed by atoms with Crippen molar-refractivity contribution in [3.8, 4) is 11.1 Å². The minimum absolute atomic E-state index is 1.14. The third-order valence-corrected chi connectivity index (χ3v) is 8.91. The fourth-order valence-corrected chi connectivity index (χ4v) is 7.19. The van der Waals surface area contributed by atoms with Crippen molar-refractivity contribution in [2.45, 2.75) is 0 Å². The Bertz CT molecular complexity index is 2160. The maximum Gasteiger partial charge on any atom is 0.0554 e. The molecule has 0 unspecified atom stereocenters. The SMILES string of the molecule is c1ccc(-c2ccccc2N(c2ccccc2)c2cc3sc4cc5ccccc5cc4c3c3ccccc23)cc1. The van der Waals surface area contributed by atoms with Gasteiger partial charge < -0.3 is 4.90 Å². The number of fused-ring (bicyclic) bond motifs is 6. The van der Waals surface area contributed by atoms with Crippen molar-refractivity contribution in [2.24, 2.45) is 0 Å². The molecule has 0 aliphatic heterocycles. The number of hydrogen-bond donors (Lipinski definition) is 0. The van der Waals surface area contributed by atoms with E-state index in [1.54, 1.807) is 0 Å². The number of hydrogen-bond acceptors (Lipinski definition) is 2. The number of benzene rings is 7. The maximum atomic E-state index is 2.44. The topological polar surface area (TPSA) is 3.24 Å². The second-order valence-corrected chi connectivity index (χ2v) is 11.2. The Hall–Kier alpha value is -4.92. The van der Waals surface area contributed by atoms with E-state index in [1.807, 2.05) is 11.3 Å². The van der Waals surface area contributed by atoms with E-state index >= 15 is 0 Å². The van der Waals surface area contributed by atoms with Crippen LogP contribution in [-0.2, 0) is 0 Å². The Morgan fingerprint density at radius 3 is 1.85 bits per heavy atom. The van der Waals surface area contributed by atoms with Gasteiger partial charge >= 0.3 is 0 Å². The van der Waals surface area contributed by atoms with Crippen molar-refractivity contribution < 1.29 is 0 Å². The quantitative estimate of drug-likeness (QED) is 0.220. The van der Waals surface area contributed by atoms with E-state index in [1.165, 1.54) is 58.5 Å². The predicted octanol–water partition coefficient (Wildman–Crippen LogP) is 11.5. The minimum atomic E-state index is 1.14. The average molecular weight is 528 g/mol. The van der Waals surface area contributed by atoms with Gasteiger partial charge in [0.25, 0.3) is 0 Å². The maximum absolute atomic E-state index is 2.44. The number of thiophene rings is 1. The molecule has 1 aromatic heterocycles. The van der Waals surface area contributed by atoms with Gasteiger partial charge in [0.1, 0.15) is 0 Å². The van der Waals surface area contributed by atoms with Crippen molar-refractivity contribution in [1.29, 1.82) is 0 Å². The molecule has 0 fully saturated rings. The molecule has 0 radical (unpaired) electrons. The summed E-state index contributed by atoms with van der Waals surface area (Å²) in [5.41, 5.74) is 5.91. The molecule has 0 N–H and O–H groups in total. The molecule has 188 valence electrons. The van der Waals surface area contributed by atoms with Crippen LogP contribution in [0.15, 0.2) is 152 Å². The van der Waals surface area contributed by atoms with E-state index in [4.69, 9.17) is 0 Å². The van der Waals surface area contributed by atoms with E-state index in [2.05, 4.69) is 157 Å². The standard InChI is InChI=1S/C38H25NS/c1-3-13-26(14-4-1)30-19-11-12-22-34(30)39(29-17-5-2-6-18-29)35-25-37-38(32-21-10-9-20-31(32)35)33-23-27-15-7-8-16-28(27)24-36(33)40-37/h1-25H. The smallest absolute Gasteiger partial charge is 0.0554 e. The molecule has 40 heavy (non-hydrogen) atoms. The highest BCUT2D eigenvalue weighted by Gasteiger charge is 2.21. The second-order valence-electron chi connectivity index (χ2n) is 10.2. The first-order valence-corrected chi connectivity index (χ1v) is 14.4. The van der Waals surface area contributed by atoms with E-state index in [0.717, 1.165) is 11.4 Å². The Morgan fingerprint density at radius 1 is 0.425 bits per heavy atom. The highest BCUT2D eigenvalue weighted by molar-refractivity contribution is 7.26. The molecule has 0 aliphatic rings. The van der Waals surface area contributed by atoms with E-state index in [0.29, 0.717) is 0 Å². The van der Waals surface area contributed by atoms with Gasteiger partial charge in [-0.15, -0.1) is 11.3 Å². The zero-order chi connectivity index (χ0) is 26.5. The zero-order valence-corrected chi connectivity index (χ0v) is 22.6. The van der Waals surface area contributed by atoms with Gasteiger partial charge in [0.15, 0.2) is 0 Å². The summed E-state index contributed by atoms with van der Waals surface area (Å²) in [6, 6.07) is 54.9. The molecular weight excluding hydrogens is 502 g/mol. The number of nitrogens with zero attached hydrogens (tertiary/aromatic N) is 1. The fourth-order valence-electron chi connectivity index (χ4n) is 6.01. The number of rotatable bonds is 4. The van der Waals surface area contributed by atoms with Gasteiger partial charge in [0.05, 0.1) is 11.4 Å². The van der Waals surface area contributed by atoms with Crippen LogP contribution in [0.3, 0.4) is 0 Å². The lowest BCUT2D eigenvalue weighted by molar-refractivity contribution is 1.30. The lowest BCUT2D eigenvalue weighted by Crippen LogP contribution is -2.11. The molecule has 8 rings (SSSR count). The summed E-state index contributed by atoms with van der Waals surface area (Å²) in [4.78, 5) is 2.44. The van der Waals surface area contributed by atoms with Crippen molar-refractivity contribution in [3.63, 3.8) is 0 Å². The van der Waals surface area contributed by atoms with Gasteiger partial charge in [0, 0.05) is 36.8 Å². The molecular formula is C38H25NS. The predicted molar refractivity (Wildman–Crippen MR) is 174 cm³/mol. The van der Waals surface area contributed by atoms with Gasteiger partial charge in [-0.3, -0.25) is 0 Å². The number of para-hydroxylation sites is 2. The average Bonchev–Trinajstić information content (AvgIpc) is 3.38. The third-order valence-electron chi connectivity index (χ3n) is 7.81. The van der Waals surface area contributed by atoms with Crippen LogP contribution in [0.1, 0.15) is 0 Å². The summed E-state index contributed by atoms with van der Waals surface area (Å²) in [6.45, 7) is 0. The van der Waals surface area contributed by atoms with Crippen LogP contribution in [0.4, 0.5) is 17.1 Å². The van der Waals surface area contributed by atoms with Crippen LogP contribution in [0.5, 0.6) is 0 Å². The highest BCUT2D eigenvalue weighted by Crippen LogP contribution is 2.48. The molecule has 0 bridgehead atoms. The van der Waals surface area contributed by atoms with Crippen LogP contribution < -0.4 is 4.90 Å². The van der Waals surface area contributed by atoms with Crippen molar-refractivity contribution in [1.82, 2.24) is 0 Å². The summed E-state index contributed by atoms with van der Waals surface area (Å²) in [6.07, 6.45) is 0. The van der Waals surface area contributed by atoms with E-state index in [9.17, 15) is 0 Å². The Labute approximate surface area is 237 Å². The van der Waals surface area contributed by atoms with Crippen LogP contribution in [0.2, 0.25) is 0 Å². The van der Waals surface area contributed by atoms with Gasteiger partial charge in [-0.1, -0.05) is 115 Å². The first-order valence-electron chi connectivity index (χ1n) is 13.6. The van der Waals surface area contributed by atoms with Crippen molar-refractivity contribution in [2.75, 3.05) is 4.90 Å². The first-order chi connectivity index (χ1) is 19.8. The fraction of sp³-hybridized carbons (Fsp3) is 0.